The third-order valence-electron chi connectivity index (χ3n) is 14.3. The third-order valence-corrected chi connectivity index (χ3v) is 15.3. The summed E-state index contributed by atoms with van der Waals surface area (Å²) >= 11 is 1.82. The first-order valence-corrected chi connectivity index (χ1v) is 22.3. The number of allylic oxidation sites excluding steroid dienone is 4. The highest BCUT2D eigenvalue weighted by Crippen LogP contribution is 2.69. The molecule has 3 aliphatic heterocycles. The van der Waals surface area contributed by atoms with Crippen molar-refractivity contribution < 1.29 is 0 Å². The minimum Gasteiger partial charge on any atom is -0.359 e. The average molecular weight is 808 g/mol. The number of aliphatic imine (C=N–C) groups is 1. The van der Waals surface area contributed by atoms with Crippen molar-refractivity contribution in [1.82, 2.24) is 0 Å². The molecule has 3 aliphatic carbocycles. The van der Waals surface area contributed by atoms with Crippen molar-refractivity contribution in [3.05, 3.63) is 267 Å². The normalized spacial score (nSPS) is 18.8. The highest BCUT2D eigenvalue weighted by molar-refractivity contribution is 8.02. The van der Waals surface area contributed by atoms with Crippen molar-refractivity contribution in [2.75, 3.05) is 10.2 Å². The van der Waals surface area contributed by atoms with Gasteiger partial charge in [0.2, 0.25) is 0 Å². The lowest BCUT2D eigenvalue weighted by atomic mass is 9.52. The number of rotatable bonds is 1. The Labute approximate surface area is 365 Å². The second kappa shape index (κ2) is 12.3. The molecule has 8 aromatic carbocycles. The van der Waals surface area contributed by atoms with E-state index >= 15 is 0 Å². The standard InChI is InChI=1S/C58H37N3S/c1-35-16-14-15-33-62-54-37(35)30-31-40-42-34-36(55-59-50-26-11-4-19-41(50)56-60-51-27-12-13-28-52(51)61(55)56)29-32-45(42)58(53(40)54)48-24-9-7-22-46(48)57(47-23-8-10-25-49(47)58)43-20-5-2-17-38(43)39-18-3-6-21-44(39)57/h2-34,56,60H,1H2/b16-14-,33-15-. The van der Waals surface area contributed by atoms with Gasteiger partial charge < -0.3 is 5.32 Å². The van der Waals surface area contributed by atoms with Crippen molar-refractivity contribution in [3.63, 3.8) is 0 Å². The molecule has 62 heavy (non-hydrogen) atoms. The van der Waals surface area contributed by atoms with Gasteiger partial charge in [0.05, 0.1) is 27.9 Å². The molecule has 0 radical (unpaired) electrons. The number of para-hydroxylation sites is 3. The molecule has 1 atom stereocenters. The van der Waals surface area contributed by atoms with E-state index in [0.29, 0.717) is 0 Å². The van der Waals surface area contributed by atoms with Crippen LogP contribution in [0.25, 0.3) is 27.8 Å². The molecule has 0 amide bonds. The van der Waals surface area contributed by atoms with Gasteiger partial charge in [-0.25, -0.2) is 4.99 Å². The van der Waals surface area contributed by atoms with Gasteiger partial charge in [0.15, 0.2) is 0 Å². The molecular formula is C58H37N3S. The maximum absolute atomic E-state index is 5.48. The number of fused-ring (bicyclic) bond motifs is 23. The SMILES string of the molecule is C=C1/C=C\C=C/Sc2c1ccc1c2C2(c3ccc(C4=Nc5ccccc5C5Nc6ccccc6N45)cc3-1)c1ccccc1C1(c3ccccc3-c3ccccc31)c1ccccc12. The van der Waals surface area contributed by atoms with Crippen molar-refractivity contribution in [2.24, 2.45) is 4.99 Å². The fourth-order valence-corrected chi connectivity index (χ4v) is 13.1. The van der Waals surface area contributed by atoms with E-state index in [9.17, 15) is 0 Å². The Morgan fingerprint density at radius 3 is 1.87 bits per heavy atom. The zero-order chi connectivity index (χ0) is 40.7. The van der Waals surface area contributed by atoms with Gasteiger partial charge in [-0.1, -0.05) is 188 Å². The van der Waals surface area contributed by atoms with Crippen molar-refractivity contribution in [3.8, 4) is 22.3 Å². The van der Waals surface area contributed by atoms with E-state index in [1.54, 1.807) is 0 Å². The van der Waals surface area contributed by atoms with Gasteiger partial charge in [-0.2, -0.15) is 0 Å². The molecule has 0 saturated heterocycles. The number of nitrogens with one attached hydrogen (secondary N) is 1. The van der Waals surface area contributed by atoms with Gasteiger partial charge in [0.25, 0.3) is 0 Å². The Bertz CT molecular complexity index is 3330. The molecule has 290 valence electrons. The van der Waals surface area contributed by atoms with Crippen molar-refractivity contribution >= 4 is 40.2 Å². The molecule has 0 aromatic heterocycles. The largest absolute Gasteiger partial charge is 0.359 e. The summed E-state index contributed by atoms with van der Waals surface area (Å²) in [6, 6.07) is 66.0. The van der Waals surface area contributed by atoms with E-state index in [0.717, 1.165) is 34.0 Å². The fourth-order valence-electron chi connectivity index (χ4n) is 12.1. The first-order chi connectivity index (χ1) is 30.7. The van der Waals surface area contributed by atoms with Crippen LogP contribution in [0.2, 0.25) is 0 Å². The van der Waals surface area contributed by atoms with Gasteiger partial charge in [0, 0.05) is 16.0 Å². The van der Waals surface area contributed by atoms with Crippen molar-refractivity contribution in [2.45, 2.75) is 21.9 Å². The van der Waals surface area contributed by atoms with Crippen LogP contribution in [0.4, 0.5) is 17.1 Å². The molecule has 0 saturated carbocycles. The summed E-state index contributed by atoms with van der Waals surface area (Å²) in [5, 5.41) is 6.08. The lowest BCUT2D eigenvalue weighted by Gasteiger charge is -2.49. The summed E-state index contributed by atoms with van der Waals surface area (Å²) in [4.78, 5) is 9.12. The van der Waals surface area contributed by atoms with Crippen LogP contribution >= 0.6 is 11.8 Å². The lowest BCUT2D eigenvalue weighted by Crippen LogP contribution is -2.44. The first-order valence-electron chi connectivity index (χ1n) is 21.4. The van der Waals surface area contributed by atoms with Crippen LogP contribution in [-0.2, 0) is 10.8 Å². The third kappa shape index (κ3) is 4.11. The summed E-state index contributed by atoms with van der Waals surface area (Å²) in [7, 11) is 0. The maximum atomic E-state index is 5.48. The average Bonchev–Trinajstić information content (AvgIpc) is 3.96. The minimum absolute atomic E-state index is 0.0598. The minimum atomic E-state index is -0.644. The molecule has 1 N–H and O–H groups in total. The van der Waals surface area contributed by atoms with E-state index in [2.05, 4.69) is 216 Å². The van der Waals surface area contributed by atoms with Crippen LogP contribution in [0.3, 0.4) is 0 Å². The lowest BCUT2D eigenvalue weighted by molar-refractivity contribution is 0.626. The summed E-state index contributed by atoms with van der Waals surface area (Å²) in [6.45, 7) is 4.64. The Morgan fingerprint density at radius 2 is 1.13 bits per heavy atom. The Balaban J connectivity index is 1.10. The van der Waals surface area contributed by atoms with E-state index in [4.69, 9.17) is 4.99 Å². The molecule has 3 heterocycles. The molecule has 4 heteroatoms. The summed E-state index contributed by atoms with van der Waals surface area (Å²) < 4.78 is 0. The van der Waals surface area contributed by atoms with Crippen LogP contribution in [-0.4, -0.2) is 5.84 Å². The number of benzene rings is 8. The summed E-state index contributed by atoms with van der Waals surface area (Å²) in [5.74, 6) is 0.945. The second-order valence-corrected chi connectivity index (χ2v) is 18.0. The molecule has 0 fully saturated rings. The highest BCUT2D eigenvalue weighted by Gasteiger charge is 2.59. The van der Waals surface area contributed by atoms with Crippen LogP contribution in [0.1, 0.15) is 67.4 Å². The maximum Gasteiger partial charge on any atom is 0.143 e. The van der Waals surface area contributed by atoms with E-state index < -0.39 is 10.8 Å². The second-order valence-electron chi connectivity index (χ2n) is 17.1. The van der Waals surface area contributed by atoms with Gasteiger partial charge in [0.1, 0.15) is 12.0 Å². The van der Waals surface area contributed by atoms with Crippen molar-refractivity contribution in [1.29, 1.82) is 0 Å². The predicted molar refractivity (Wildman–Crippen MR) is 256 cm³/mol. The molecule has 0 bridgehead atoms. The number of anilines is 2. The molecule has 1 unspecified atom stereocenters. The van der Waals surface area contributed by atoms with E-state index in [-0.39, 0.29) is 6.17 Å². The van der Waals surface area contributed by atoms with Gasteiger partial charge in [-0.15, -0.1) is 0 Å². The number of hydrogen-bond donors (Lipinski definition) is 1. The van der Waals surface area contributed by atoms with Crippen LogP contribution in [0, 0.1) is 0 Å². The smallest absolute Gasteiger partial charge is 0.143 e. The molecule has 2 spiro atoms. The number of thioether (sulfide) groups is 1. The van der Waals surface area contributed by atoms with Crippen LogP contribution < -0.4 is 10.2 Å². The molecule has 6 aliphatic rings. The van der Waals surface area contributed by atoms with E-state index in [1.807, 2.05) is 11.8 Å². The Morgan fingerprint density at radius 1 is 0.532 bits per heavy atom. The highest BCUT2D eigenvalue weighted by atomic mass is 32.2. The number of nitrogens with zero attached hydrogens (tertiary/aromatic N) is 2. The number of amidine groups is 1. The number of hydrogen-bond acceptors (Lipinski definition) is 4. The molecule has 3 nitrogen and oxygen atoms in total. The molecule has 14 rings (SSSR count). The van der Waals surface area contributed by atoms with Gasteiger partial charge >= 0.3 is 0 Å². The molecular weight excluding hydrogens is 771 g/mol. The summed E-state index contributed by atoms with van der Waals surface area (Å²) in [5.41, 5.74) is 22.2. The zero-order valence-electron chi connectivity index (χ0n) is 33.6. The zero-order valence-corrected chi connectivity index (χ0v) is 34.5. The Hall–Kier alpha value is -7.40. The van der Waals surface area contributed by atoms with E-state index in [1.165, 1.54) is 82.8 Å². The van der Waals surface area contributed by atoms with Crippen LogP contribution in [0.5, 0.6) is 0 Å². The quantitative estimate of drug-likeness (QED) is 0.179. The van der Waals surface area contributed by atoms with Gasteiger partial charge in [-0.3, -0.25) is 4.90 Å². The topological polar surface area (TPSA) is 27.6 Å². The predicted octanol–water partition coefficient (Wildman–Crippen LogP) is 13.9. The van der Waals surface area contributed by atoms with Gasteiger partial charge in [-0.05, 0) is 108 Å². The Kier molecular flexibility index (Phi) is 6.84. The van der Waals surface area contributed by atoms with Crippen LogP contribution in [0.15, 0.2) is 216 Å². The first kappa shape index (κ1) is 34.3. The monoisotopic (exact) mass is 807 g/mol. The fraction of sp³-hybridized carbons (Fsp3) is 0.0517. The summed E-state index contributed by atoms with van der Waals surface area (Å²) in [6.07, 6.45) is 6.34. The molecule has 8 aromatic rings.